The molecular weight excluding hydrogens is 455 g/mol. The smallest absolute Gasteiger partial charge is 0.191 e. The number of thiophene rings is 1. The van der Waals surface area contributed by atoms with E-state index in [1.54, 1.807) is 4.88 Å². The van der Waals surface area contributed by atoms with Crippen molar-refractivity contribution in [2.75, 3.05) is 33.2 Å². The number of halogens is 1. The van der Waals surface area contributed by atoms with Crippen LogP contribution in [0.2, 0.25) is 0 Å². The lowest BCUT2D eigenvalue weighted by atomic mass is 10.0. The predicted octanol–water partition coefficient (Wildman–Crippen LogP) is 3.69. The van der Waals surface area contributed by atoms with Crippen LogP contribution in [-0.4, -0.2) is 44.1 Å². The molecule has 2 N–H and O–H groups in total. The summed E-state index contributed by atoms with van der Waals surface area (Å²) < 4.78 is 0. The Morgan fingerprint density at radius 3 is 2.81 bits per heavy atom. The molecule has 2 heterocycles. The summed E-state index contributed by atoms with van der Waals surface area (Å²) in [6.07, 6.45) is 1.19. The van der Waals surface area contributed by atoms with E-state index >= 15 is 0 Å². The molecule has 1 atom stereocenters. The fourth-order valence-corrected chi connectivity index (χ4v) is 4.09. The van der Waals surface area contributed by atoms with E-state index in [0.717, 1.165) is 38.7 Å². The topological polar surface area (TPSA) is 39.7 Å². The van der Waals surface area contributed by atoms with Gasteiger partial charge in [-0.15, -0.1) is 35.3 Å². The van der Waals surface area contributed by atoms with E-state index in [9.17, 15) is 0 Å². The summed E-state index contributed by atoms with van der Waals surface area (Å²) in [5, 5.41) is 9.09. The van der Waals surface area contributed by atoms with E-state index in [1.165, 1.54) is 17.5 Å². The number of guanidine groups is 1. The van der Waals surface area contributed by atoms with Crippen molar-refractivity contribution < 1.29 is 0 Å². The maximum atomic E-state index is 4.34. The third-order valence-corrected chi connectivity index (χ3v) is 5.80. The molecule has 0 fully saturated rings. The standard InChI is InChI=1S/C20H28N4S.HI/c1-16(17-6-4-3-5-7-17)14-23-20(21-2)22-10-12-24-11-8-19-18(15-24)9-13-25-19;/h3-7,9,13,16H,8,10-12,14-15H2,1-2H3,(H2,21,22,23);1H. The van der Waals surface area contributed by atoms with Gasteiger partial charge in [-0.05, 0) is 34.9 Å². The SMILES string of the molecule is CN=C(NCCN1CCc2sccc2C1)NCC(C)c1ccccc1.I. The monoisotopic (exact) mass is 484 g/mol. The number of hydrogen-bond donors (Lipinski definition) is 2. The quantitative estimate of drug-likeness (QED) is 0.373. The average molecular weight is 484 g/mol. The lowest BCUT2D eigenvalue weighted by Gasteiger charge is -2.27. The maximum absolute atomic E-state index is 4.34. The van der Waals surface area contributed by atoms with Gasteiger partial charge in [0.1, 0.15) is 0 Å². The highest BCUT2D eigenvalue weighted by atomic mass is 127. The van der Waals surface area contributed by atoms with E-state index in [4.69, 9.17) is 0 Å². The molecule has 1 aromatic heterocycles. The minimum atomic E-state index is 0. The van der Waals surface area contributed by atoms with Crippen molar-refractivity contribution in [3.05, 3.63) is 57.8 Å². The molecule has 1 aliphatic rings. The van der Waals surface area contributed by atoms with Gasteiger partial charge >= 0.3 is 0 Å². The third-order valence-electron chi connectivity index (χ3n) is 4.78. The van der Waals surface area contributed by atoms with Crippen LogP contribution in [0.25, 0.3) is 0 Å². The average Bonchev–Trinajstić information content (AvgIpc) is 3.12. The highest BCUT2D eigenvalue weighted by Crippen LogP contribution is 2.23. The van der Waals surface area contributed by atoms with Crippen molar-refractivity contribution in [1.82, 2.24) is 15.5 Å². The van der Waals surface area contributed by atoms with Crippen LogP contribution in [0.3, 0.4) is 0 Å². The van der Waals surface area contributed by atoms with Crippen LogP contribution in [0.4, 0.5) is 0 Å². The van der Waals surface area contributed by atoms with Crippen molar-refractivity contribution >= 4 is 41.3 Å². The molecule has 0 saturated heterocycles. The number of nitrogens with one attached hydrogen (secondary N) is 2. The first-order valence-electron chi connectivity index (χ1n) is 9.03. The summed E-state index contributed by atoms with van der Waals surface area (Å²) in [6, 6.07) is 12.9. The van der Waals surface area contributed by atoms with Gasteiger partial charge in [-0.1, -0.05) is 37.3 Å². The van der Waals surface area contributed by atoms with Gasteiger partial charge in [0.2, 0.25) is 0 Å². The van der Waals surface area contributed by atoms with Gasteiger partial charge in [0.05, 0.1) is 0 Å². The Balaban J connectivity index is 0.00000243. The van der Waals surface area contributed by atoms with E-state index in [0.29, 0.717) is 5.92 Å². The zero-order chi connectivity index (χ0) is 17.5. The Morgan fingerprint density at radius 1 is 1.23 bits per heavy atom. The highest BCUT2D eigenvalue weighted by Gasteiger charge is 2.16. The highest BCUT2D eigenvalue weighted by molar-refractivity contribution is 14.0. The van der Waals surface area contributed by atoms with Crippen LogP contribution < -0.4 is 10.6 Å². The summed E-state index contributed by atoms with van der Waals surface area (Å²) in [6.45, 7) is 7.32. The molecule has 0 saturated carbocycles. The molecular formula is C20H29IN4S. The summed E-state index contributed by atoms with van der Waals surface area (Å²) in [7, 11) is 1.83. The van der Waals surface area contributed by atoms with Crippen molar-refractivity contribution in [3.63, 3.8) is 0 Å². The van der Waals surface area contributed by atoms with Crippen molar-refractivity contribution in [3.8, 4) is 0 Å². The fraction of sp³-hybridized carbons (Fsp3) is 0.450. The van der Waals surface area contributed by atoms with Crippen molar-refractivity contribution in [1.29, 1.82) is 0 Å². The van der Waals surface area contributed by atoms with Crippen molar-refractivity contribution in [2.24, 2.45) is 4.99 Å². The second-order valence-electron chi connectivity index (χ2n) is 6.59. The molecule has 0 spiro atoms. The number of benzene rings is 1. The lowest BCUT2D eigenvalue weighted by molar-refractivity contribution is 0.260. The van der Waals surface area contributed by atoms with Gasteiger partial charge < -0.3 is 10.6 Å². The van der Waals surface area contributed by atoms with Crippen LogP contribution in [0.15, 0.2) is 46.8 Å². The van der Waals surface area contributed by atoms with Crippen LogP contribution in [0, 0.1) is 0 Å². The predicted molar refractivity (Wildman–Crippen MR) is 123 cm³/mol. The first-order valence-corrected chi connectivity index (χ1v) is 9.91. The number of fused-ring (bicyclic) bond motifs is 1. The molecule has 0 aliphatic carbocycles. The Labute approximate surface area is 178 Å². The zero-order valence-corrected chi connectivity index (χ0v) is 18.7. The van der Waals surface area contributed by atoms with E-state index in [1.807, 2.05) is 18.4 Å². The van der Waals surface area contributed by atoms with Crippen LogP contribution in [0.5, 0.6) is 0 Å². The third kappa shape index (κ3) is 5.96. The molecule has 0 amide bonds. The molecule has 4 nitrogen and oxygen atoms in total. The second kappa shape index (κ2) is 10.9. The van der Waals surface area contributed by atoms with Gasteiger partial charge in [0.15, 0.2) is 5.96 Å². The van der Waals surface area contributed by atoms with E-state index < -0.39 is 0 Å². The first kappa shape index (κ1) is 21.2. The van der Waals surface area contributed by atoms with Crippen LogP contribution in [-0.2, 0) is 13.0 Å². The minimum absolute atomic E-state index is 0. The summed E-state index contributed by atoms with van der Waals surface area (Å²) in [4.78, 5) is 8.42. The minimum Gasteiger partial charge on any atom is -0.356 e. The van der Waals surface area contributed by atoms with E-state index in [-0.39, 0.29) is 24.0 Å². The summed E-state index contributed by atoms with van der Waals surface area (Å²) in [5.74, 6) is 1.34. The summed E-state index contributed by atoms with van der Waals surface area (Å²) in [5.41, 5.74) is 2.86. The molecule has 142 valence electrons. The Bertz CT molecular complexity index is 686. The van der Waals surface area contributed by atoms with Gasteiger partial charge in [-0.25, -0.2) is 0 Å². The fourth-order valence-electron chi connectivity index (χ4n) is 3.20. The maximum Gasteiger partial charge on any atom is 0.191 e. The van der Waals surface area contributed by atoms with Gasteiger partial charge in [-0.3, -0.25) is 9.89 Å². The number of aliphatic imine (C=N–C) groups is 1. The van der Waals surface area contributed by atoms with Gasteiger partial charge in [0.25, 0.3) is 0 Å². The normalized spacial score (nSPS) is 15.7. The van der Waals surface area contributed by atoms with Crippen molar-refractivity contribution in [2.45, 2.75) is 25.8 Å². The molecule has 1 unspecified atom stereocenters. The Kier molecular flexibility index (Phi) is 8.87. The molecule has 26 heavy (non-hydrogen) atoms. The van der Waals surface area contributed by atoms with Crippen LogP contribution >= 0.6 is 35.3 Å². The first-order chi connectivity index (χ1) is 12.3. The number of nitrogens with zero attached hydrogens (tertiary/aromatic N) is 2. The zero-order valence-electron chi connectivity index (χ0n) is 15.6. The molecule has 6 heteroatoms. The Morgan fingerprint density at radius 2 is 2.04 bits per heavy atom. The molecule has 1 aromatic carbocycles. The van der Waals surface area contributed by atoms with Crippen LogP contribution in [0.1, 0.15) is 28.8 Å². The molecule has 0 radical (unpaired) electrons. The second-order valence-corrected chi connectivity index (χ2v) is 7.59. The molecule has 3 rings (SSSR count). The Hall–Kier alpha value is -1.12. The van der Waals surface area contributed by atoms with Gasteiger partial charge in [-0.2, -0.15) is 0 Å². The lowest BCUT2D eigenvalue weighted by Crippen LogP contribution is -2.43. The molecule has 1 aliphatic heterocycles. The molecule has 0 bridgehead atoms. The van der Waals surface area contributed by atoms with Gasteiger partial charge in [0, 0.05) is 44.6 Å². The molecule has 2 aromatic rings. The van der Waals surface area contributed by atoms with E-state index in [2.05, 4.69) is 69.2 Å². The largest absolute Gasteiger partial charge is 0.356 e. The summed E-state index contributed by atoms with van der Waals surface area (Å²) >= 11 is 1.90. The number of rotatable bonds is 6. The number of hydrogen-bond acceptors (Lipinski definition) is 3.